The van der Waals surface area contributed by atoms with Crippen molar-refractivity contribution in [3.63, 3.8) is 0 Å². The topological polar surface area (TPSA) is 111 Å². The Labute approximate surface area is 122 Å². The third-order valence-corrected chi connectivity index (χ3v) is 4.04. The summed E-state index contributed by atoms with van der Waals surface area (Å²) < 4.78 is 31.6. The fourth-order valence-corrected chi connectivity index (χ4v) is 2.75. The van der Waals surface area contributed by atoms with Gasteiger partial charge in [0, 0.05) is 5.56 Å². The molecule has 0 aliphatic rings. The Balaban J connectivity index is 2.30. The van der Waals surface area contributed by atoms with E-state index in [1.54, 1.807) is 12.1 Å². The van der Waals surface area contributed by atoms with Crippen LogP contribution < -0.4 is 10.5 Å². The highest BCUT2D eigenvalue weighted by Gasteiger charge is 2.18. The largest absolute Gasteiger partial charge is 0.343 e. The van der Waals surface area contributed by atoms with E-state index in [-0.39, 0.29) is 23.8 Å². The van der Waals surface area contributed by atoms with Gasteiger partial charge in [-0.05, 0) is 24.6 Å². The zero-order valence-electron chi connectivity index (χ0n) is 11.3. The number of hydrogen-bond acceptors (Lipinski definition) is 6. The van der Waals surface area contributed by atoms with E-state index in [0.29, 0.717) is 5.56 Å². The molecule has 1 aromatic heterocycles. The highest BCUT2D eigenvalue weighted by molar-refractivity contribution is 7.89. The molecule has 0 atom stereocenters. The van der Waals surface area contributed by atoms with Crippen molar-refractivity contribution in [2.24, 2.45) is 5.73 Å². The van der Waals surface area contributed by atoms with Gasteiger partial charge in [0.25, 0.3) is 0 Å². The van der Waals surface area contributed by atoms with Crippen LogP contribution in [0.5, 0.6) is 0 Å². The minimum Gasteiger partial charge on any atom is -0.343 e. The molecule has 2 rings (SSSR count). The van der Waals surface area contributed by atoms with E-state index in [0.717, 1.165) is 12.0 Å². The van der Waals surface area contributed by atoms with Crippen molar-refractivity contribution in [3.8, 4) is 11.8 Å². The molecule has 110 valence electrons. The molecule has 0 fully saturated rings. The summed E-state index contributed by atoms with van der Waals surface area (Å²) in [6.07, 6.45) is 1.13. The minimum atomic E-state index is -3.73. The molecule has 21 heavy (non-hydrogen) atoms. The van der Waals surface area contributed by atoms with Gasteiger partial charge in [-0.15, -0.1) is 0 Å². The molecule has 0 aliphatic heterocycles. The van der Waals surface area contributed by atoms with Crippen LogP contribution in [0.15, 0.2) is 34.0 Å². The Morgan fingerprint density at radius 2 is 2.24 bits per heavy atom. The van der Waals surface area contributed by atoms with E-state index in [9.17, 15) is 8.42 Å². The lowest BCUT2D eigenvalue weighted by Crippen LogP contribution is -2.24. The van der Waals surface area contributed by atoms with Crippen molar-refractivity contribution >= 4 is 10.0 Å². The van der Waals surface area contributed by atoms with Gasteiger partial charge in [-0.25, -0.2) is 13.1 Å². The summed E-state index contributed by atoms with van der Waals surface area (Å²) in [5.41, 5.74) is 6.65. The van der Waals surface area contributed by atoms with Crippen LogP contribution in [0.25, 0.3) is 0 Å². The Bertz CT molecular complexity index is 773. The Morgan fingerprint density at radius 1 is 1.43 bits per heavy atom. The molecule has 1 aromatic carbocycles. The molecule has 0 spiro atoms. The van der Waals surface area contributed by atoms with E-state index in [1.807, 2.05) is 6.92 Å². The van der Waals surface area contributed by atoms with Crippen molar-refractivity contribution in [1.82, 2.24) is 14.9 Å². The van der Waals surface area contributed by atoms with Crippen molar-refractivity contribution in [2.75, 3.05) is 6.54 Å². The van der Waals surface area contributed by atoms with E-state index < -0.39 is 10.0 Å². The average molecular weight is 306 g/mol. The molecule has 0 saturated heterocycles. The molecule has 0 amide bonds. The maximum Gasteiger partial charge on any atom is 0.242 e. The molecule has 1 heterocycles. The molecule has 8 heteroatoms. The zero-order valence-corrected chi connectivity index (χ0v) is 12.1. The van der Waals surface area contributed by atoms with Crippen LogP contribution in [0, 0.1) is 18.8 Å². The van der Waals surface area contributed by atoms with Gasteiger partial charge in [0.1, 0.15) is 0 Å². The van der Waals surface area contributed by atoms with Crippen molar-refractivity contribution in [3.05, 3.63) is 41.5 Å². The van der Waals surface area contributed by atoms with Crippen LogP contribution in [0.2, 0.25) is 0 Å². The number of nitrogens with two attached hydrogens (primary N) is 1. The quantitative estimate of drug-likeness (QED) is 0.779. The number of sulfonamides is 1. The van der Waals surface area contributed by atoms with Crippen LogP contribution in [-0.2, 0) is 16.6 Å². The molecule has 3 N–H and O–H groups in total. The third-order valence-electron chi connectivity index (χ3n) is 2.58. The zero-order chi connectivity index (χ0) is 15.3. The second-order valence-corrected chi connectivity index (χ2v) is 5.91. The summed E-state index contributed by atoms with van der Waals surface area (Å²) in [6, 6.07) is 4.91. The molecule has 0 radical (unpaired) electrons. The lowest BCUT2D eigenvalue weighted by molar-refractivity contribution is 0.409. The molecule has 0 unspecified atom stereocenters. The van der Waals surface area contributed by atoms with Crippen molar-refractivity contribution in [2.45, 2.75) is 18.4 Å². The van der Waals surface area contributed by atoms with Gasteiger partial charge in [-0.2, -0.15) is 4.98 Å². The van der Waals surface area contributed by atoms with Gasteiger partial charge in [0.2, 0.25) is 16.4 Å². The number of nitrogens with zero attached hydrogens (tertiary/aromatic N) is 2. The number of aryl methyl sites for hydroxylation is 1. The van der Waals surface area contributed by atoms with Crippen molar-refractivity contribution < 1.29 is 12.9 Å². The Hall–Kier alpha value is -2.21. The first-order valence-electron chi connectivity index (χ1n) is 6.07. The first-order valence-corrected chi connectivity index (χ1v) is 7.56. The summed E-state index contributed by atoms with van der Waals surface area (Å²) in [5.74, 6) is 5.68. The maximum atomic E-state index is 12.3. The van der Waals surface area contributed by atoms with Gasteiger partial charge in [0.15, 0.2) is 5.82 Å². The van der Waals surface area contributed by atoms with Gasteiger partial charge in [-0.1, -0.05) is 23.1 Å². The second-order valence-electron chi connectivity index (χ2n) is 4.18. The SMILES string of the molecule is Cc1ccc(S(=O)(=O)NCc2ncon2)c(C#CCN)c1. The molecule has 2 aromatic rings. The average Bonchev–Trinajstić information content (AvgIpc) is 2.96. The number of benzene rings is 1. The minimum absolute atomic E-state index is 0.0591. The van der Waals surface area contributed by atoms with Crippen LogP contribution in [-0.4, -0.2) is 25.1 Å². The van der Waals surface area contributed by atoms with E-state index >= 15 is 0 Å². The molecular weight excluding hydrogens is 292 g/mol. The van der Waals surface area contributed by atoms with Gasteiger partial charge < -0.3 is 10.3 Å². The fourth-order valence-electron chi connectivity index (χ4n) is 1.63. The molecular formula is C13H14N4O3S. The smallest absolute Gasteiger partial charge is 0.242 e. The second kappa shape index (κ2) is 6.49. The third kappa shape index (κ3) is 3.88. The van der Waals surface area contributed by atoms with Crippen LogP contribution >= 0.6 is 0 Å². The summed E-state index contributed by atoms with van der Waals surface area (Å²) in [4.78, 5) is 3.84. The fraction of sp³-hybridized carbons (Fsp3) is 0.231. The van der Waals surface area contributed by atoms with E-state index in [1.165, 1.54) is 6.07 Å². The monoisotopic (exact) mass is 306 g/mol. The standard InChI is InChI=1S/C13H14N4O3S/c1-10-4-5-12(11(7-10)3-2-6-14)21(18,19)16-8-13-15-9-20-17-13/h4-5,7,9,16H,6,8,14H2,1H3. The number of rotatable bonds is 4. The number of nitrogens with one attached hydrogen (secondary N) is 1. The predicted octanol–water partition coefficient (Wildman–Crippen LogP) is 0.167. The lowest BCUT2D eigenvalue weighted by Gasteiger charge is -2.08. The Morgan fingerprint density at radius 3 is 2.90 bits per heavy atom. The van der Waals surface area contributed by atoms with Gasteiger partial charge >= 0.3 is 0 Å². The maximum absolute atomic E-state index is 12.3. The van der Waals surface area contributed by atoms with E-state index in [4.69, 9.17) is 5.73 Å². The first kappa shape index (κ1) is 15.2. The summed E-state index contributed by atoms with van der Waals surface area (Å²) >= 11 is 0. The highest BCUT2D eigenvalue weighted by atomic mass is 32.2. The predicted molar refractivity (Wildman–Crippen MR) is 75.4 cm³/mol. The van der Waals surface area contributed by atoms with Crippen LogP contribution in [0.4, 0.5) is 0 Å². The normalized spacial score (nSPS) is 11.0. The molecule has 0 aliphatic carbocycles. The number of aromatic nitrogens is 2. The van der Waals surface area contributed by atoms with Gasteiger partial charge in [0.05, 0.1) is 18.0 Å². The van der Waals surface area contributed by atoms with Crippen LogP contribution in [0.3, 0.4) is 0 Å². The van der Waals surface area contributed by atoms with Crippen molar-refractivity contribution in [1.29, 1.82) is 0 Å². The van der Waals surface area contributed by atoms with Crippen LogP contribution in [0.1, 0.15) is 17.0 Å². The summed E-state index contributed by atoms with van der Waals surface area (Å²) in [6.45, 7) is 1.96. The lowest BCUT2D eigenvalue weighted by atomic mass is 10.1. The molecule has 0 saturated carbocycles. The summed E-state index contributed by atoms with van der Waals surface area (Å²) in [7, 11) is -3.73. The van der Waals surface area contributed by atoms with Gasteiger partial charge in [-0.3, -0.25) is 0 Å². The molecule has 7 nitrogen and oxygen atoms in total. The molecule has 0 bridgehead atoms. The highest BCUT2D eigenvalue weighted by Crippen LogP contribution is 2.16. The Kier molecular flexibility index (Phi) is 4.70. The summed E-state index contributed by atoms with van der Waals surface area (Å²) in [5, 5.41) is 3.54. The number of hydrogen-bond donors (Lipinski definition) is 2. The van der Waals surface area contributed by atoms with E-state index in [2.05, 4.69) is 31.2 Å². The first-order chi connectivity index (χ1) is 10.0.